The average molecular weight is 219 g/mol. The van der Waals surface area contributed by atoms with E-state index in [9.17, 15) is 0 Å². The SMILES string of the molecule is CCCn1cncc1CNc1ccn(C)n1. The van der Waals surface area contributed by atoms with Gasteiger partial charge in [-0.2, -0.15) is 5.10 Å². The van der Waals surface area contributed by atoms with Crippen LogP contribution in [0.1, 0.15) is 19.0 Å². The van der Waals surface area contributed by atoms with Gasteiger partial charge in [-0.05, 0) is 6.42 Å². The molecule has 1 N–H and O–H groups in total. The second-order valence-electron chi connectivity index (χ2n) is 3.81. The molecule has 2 aromatic heterocycles. The number of hydrogen-bond acceptors (Lipinski definition) is 3. The van der Waals surface area contributed by atoms with Gasteiger partial charge in [0.05, 0.1) is 18.6 Å². The summed E-state index contributed by atoms with van der Waals surface area (Å²) in [5, 5.41) is 7.54. The summed E-state index contributed by atoms with van der Waals surface area (Å²) < 4.78 is 3.95. The Labute approximate surface area is 95.1 Å². The van der Waals surface area contributed by atoms with Crippen molar-refractivity contribution in [1.29, 1.82) is 0 Å². The van der Waals surface area contributed by atoms with Crippen molar-refractivity contribution in [2.45, 2.75) is 26.4 Å². The predicted molar refractivity (Wildman–Crippen MR) is 63.1 cm³/mol. The molecule has 0 saturated heterocycles. The molecule has 86 valence electrons. The van der Waals surface area contributed by atoms with Crippen LogP contribution in [0, 0.1) is 0 Å². The number of rotatable bonds is 5. The minimum Gasteiger partial charge on any atom is -0.363 e. The van der Waals surface area contributed by atoms with Gasteiger partial charge in [-0.1, -0.05) is 6.92 Å². The molecule has 0 aliphatic rings. The predicted octanol–water partition coefficient (Wildman–Crippen LogP) is 1.64. The van der Waals surface area contributed by atoms with Crippen molar-refractivity contribution in [3.63, 3.8) is 0 Å². The summed E-state index contributed by atoms with van der Waals surface area (Å²) >= 11 is 0. The Hall–Kier alpha value is -1.78. The third-order valence-corrected chi connectivity index (χ3v) is 2.43. The van der Waals surface area contributed by atoms with Gasteiger partial charge in [0.25, 0.3) is 0 Å². The maximum absolute atomic E-state index is 4.26. The maximum Gasteiger partial charge on any atom is 0.148 e. The van der Waals surface area contributed by atoms with Crippen LogP contribution in [0.2, 0.25) is 0 Å². The van der Waals surface area contributed by atoms with E-state index in [2.05, 4.69) is 26.9 Å². The van der Waals surface area contributed by atoms with Gasteiger partial charge in [0, 0.05) is 32.1 Å². The Morgan fingerprint density at radius 3 is 3.00 bits per heavy atom. The van der Waals surface area contributed by atoms with E-state index in [1.54, 1.807) is 4.68 Å². The van der Waals surface area contributed by atoms with E-state index in [0.29, 0.717) is 0 Å². The van der Waals surface area contributed by atoms with Crippen LogP contribution in [-0.2, 0) is 20.1 Å². The Bertz CT molecular complexity index is 443. The van der Waals surface area contributed by atoms with Crippen LogP contribution in [0.25, 0.3) is 0 Å². The van der Waals surface area contributed by atoms with Gasteiger partial charge in [-0.3, -0.25) is 4.68 Å². The van der Waals surface area contributed by atoms with Gasteiger partial charge in [0.2, 0.25) is 0 Å². The standard InChI is InChI=1S/C11H17N5/c1-3-5-16-9-12-7-10(16)8-13-11-4-6-15(2)14-11/h4,6-7,9H,3,5,8H2,1-2H3,(H,13,14). The Balaban J connectivity index is 1.96. The summed E-state index contributed by atoms with van der Waals surface area (Å²) in [4.78, 5) is 4.16. The van der Waals surface area contributed by atoms with E-state index in [1.807, 2.05) is 31.8 Å². The zero-order valence-corrected chi connectivity index (χ0v) is 9.72. The molecule has 16 heavy (non-hydrogen) atoms. The second-order valence-corrected chi connectivity index (χ2v) is 3.81. The van der Waals surface area contributed by atoms with Crippen LogP contribution in [0.15, 0.2) is 24.8 Å². The second kappa shape index (κ2) is 4.83. The van der Waals surface area contributed by atoms with Crippen LogP contribution in [0.4, 0.5) is 5.82 Å². The Morgan fingerprint density at radius 1 is 1.44 bits per heavy atom. The van der Waals surface area contributed by atoms with Crippen molar-refractivity contribution in [2.24, 2.45) is 7.05 Å². The highest BCUT2D eigenvalue weighted by atomic mass is 15.3. The molecular weight excluding hydrogens is 202 g/mol. The summed E-state index contributed by atoms with van der Waals surface area (Å²) in [7, 11) is 1.91. The normalized spacial score (nSPS) is 10.6. The highest BCUT2D eigenvalue weighted by Gasteiger charge is 2.02. The van der Waals surface area contributed by atoms with Crippen molar-refractivity contribution < 1.29 is 0 Å². The fourth-order valence-electron chi connectivity index (χ4n) is 1.63. The summed E-state index contributed by atoms with van der Waals surface area (Å²) in [5.41, 5.74) is 1.19. The van der Waals surface area contributed by atoms with Gasteiger partial charge in [0.1, 0.15) is 5.82 Å². The Kier molecular flexibility index (Phi) is 3.24. The van der Waals surface area contributed by atoms with Crippen molar-refractivity contribution in [1.82, 2.24) is 19.3 Å². The molecule has 0 amide bonds. The first-order valence-electron chi connectivity index (χ1n) is 5.52. The monoisotopic (exact) mass is 219 g/mol. The molecule has 5 nitrogen and oxygen atoms in total. The first kappa shape index (κ1) is 10.7. The van der Waals surface area contributed by atoms with Crippen molar-refractivity contribution in [3.05, 3.63) is 30.5 Å². The highest BCUT2D eigenvalue weighted by molar-refractivity contribution is 5.32. The molecule has 0 aliphatic carbocycles. The smallest absolute Gasteiger partial charge is 0.148 e. The molecule has 0 bridgehead atoms. The van der Waals surface area contributed by atoms with Gasteiger partial charge < -0.3 is 9.88 Å². The molecule has 0 atom stereocenters. The molecule has 2 aromatic rings. The van der Waals surface area contributed by atoms with E-state index in [4.69, 9.17) is 0 Å². The van der Waals surface area contributed by atoms with Crippen LogP contribution in [-0.4, -0.2) is 19.3 Å². The molecular formula is C11H17N5. The molecule has 0 aromatic carbocycles. The van der Waals surface area contributed by atoms with Crippen molar-refractivity contribution in [3.8, 4) is 0 Å². The van der Waals surface area contributed by atoms with Gasteiger partial charge >= 0.3 is 0 Å². The van der Waals surface area contributed by atoms with Gasteiger partial charge in [0.15, 0.2) is 0 Å². The molecule has 0 saturated carbocycles. The number of imidazole rings is 1. The highest BCUT2D eigenvalue weighted by Crippen LogP contribution is 2.06. The van der Waals surface area contributed by atoms with Crippen LogP contribution < -0.4 is 5.32 Å². The Morgan fingerprint density at radius 2 is 2.31 bits per heavy atom. The third-order valence-electron chi connectivity index (χ3n) is 2.43. The number of hydrogen-bond donors (Lipinski definition) is 1. The molecule has 0 unspecified atom stereocenters. The molecule has 2 heterocycles. The first-order valence-corrected chi connectivity index (χ1v) is 5.52. The number of nitrogens with one attached hydrogen (secondary N) is 1. The fraction of sp³-hybridized carbons (Fsp3) is 0.455. The molecule has 0 fully saturated rings. The lowest BCUT2D eigenvalue weighted by molar-refractivity contribution is 0.650. The zero-order chi connectivity index (χ0) is 11.4. The molecule has 2 rings (SSSR count). The summed E-state index contributed by atoms with van der Waals surface area (Å²) in [5.74, 6) is 0.895. The largest absolute Gasteiger partial charge is 0.363 e. The average Bonchev–Trinajstić information content (AvgIpc) is 2.85. The van der Waals surface area contributed by atoms with E-state index < -0.39 is 0 Å². The topological polar surface area (TPSA) is 47.7 Å². The maximum atomic E-state index is 4.26. The van der Waals surface area contributed by atoms with Crippen LogP contribution >= 0.6 is 0 Å². The van der Waals surface area contributed by atoms with Crippen molar-refractivity contribution in [2.75, 3.05) is 5.32 Å². The van der Waals surface area contributed by atoms with Gasteiger partial charge in [-0.15, -0.1) is 0 Å². The number of aryl methyl sites for hydroxylation is 2. The minimum absolute atomic E-state index is 0.761. The minimum atomic E-state index is 0.761. The molecule has 0 spiro atoms. The first-order chi connectivity index (χ1) is 7.79. The quantitative estimate of drug-likeness (QED) is 0.831. The number of anilines is 1. The van der Waals surface area contributed by atoms with Crippen LogP contribution in [0.5, 0.6) is 0 Å². The van der Waals surface area contributed by atoms with E-state index in [-0.39, 0.29) is 0 Å². The lowest BCUT2D eigenvalue weighted by atomic mass is 10.4. The van der Waals surface area contributed by atoms with E-state index >= 15 is 0 Å². The summed E-state index contributed by atoms with van der Waals surface area (Å²) in [6, 6.07) is 1.96. The number of aromatic nitrogens is 4. The van der Waals surface area contributed by atoms with Crippen LogP contribution in [0.3, 0.4) is 0 Å². The molecule has 0 radical (unpaired) electrons. The lowest BCUT2D eigenvalue weighted by Gasteiger charge is -2.07. The zero-order valence-electron chi connectivity index (χ0n) is 9.72. The molecule has 5 heteroatoms. The molecule has 0 aliphatic heterocycles. The third kappa shape index (κ3) is 2.42. The summed E-state index contributed by atoms with van der Waals surface area (Å²) in [6.07, 6.45) is 6.81. The summed E-state index contributed by atoms with van der Waals surface area (Å²) in [6.45, 7) is 3.94. The lowest BCUT2D eigenvalue weighted by Crippen LogP contribution is -2.07. The van der Waals surface area contributed by atoms with E-state index in [0.717, 1.165) is 25.3 Å². The van der Waals surface area contributed by atoms with Gasteiger partial charge in [-0.25, -0.2) is 4.98 Å². The van der Waals surface area contributed by atoms with E-state index in [1.165, 1.54) is 5.69 Å². The van der Waals surface area contributed by atoms with Crippen molar-refractivity contribution >= 4 is 5.82 Å². The number of nitrogens with zero attached hydrogens (tertiary/aromatic N) is 4. The fourth-order valence-corrected chi connectivity index (χ4v) is 1.63.